The van der Waals surface area contributed by atoms with E-state index in [1.54, 1.807) is 0 Å². The molecule has 2 heteroatoms. The maximum atomic E-state index is 5.81. The van der Waals surface area contributed by atoms with Crippen molar-refractivity contribution in [2.24, 2.45) is 0 Å². The highest BCUT2D eigenvalue weighted by atomic mass is 16.5. The summed E-state index contributed by atoms with van der Waals surface area (Å²) in [6.07, 6.45) is 9.39. The first-order valence-corrected chi connectivity index (χ1v) is 6.08. The van der Waals surface area contributed by atoms with Gasteiger partial charge in [-0.3, -0.25) is 4.90 Å². The molecule has 84 valence electrons. The number of likely N-dealkylation sites (tertiary alicyclic amines) is 1. The normalized spacial score (nSPS) is 22.5. The van der Waals surface area contributed by atoms with Gasteiger partial charge in [0, 0.05) is 6.54 Å². The molecule has 1 saturated heterocycles. The van der Waals surface area contributed by atoms with Crippen LogP contribution in [0.3, 0.4) is 0 Å². The third kappa shape index (κ3) is 3.10. The second kappa shape index (κ2) is 5.36. The van der Waals surface area contributed by atoms with Crippen LogP contribution in [0.25, 0.3) is 0 Å². The minimum Gasteiger partial charge on any atom is -0.492 e. The van der Waals surface area contributed by atoms with Crippen LogP contribution in [-0.2, 0) is 4.74 Å². The topological polar surface area (TPSA) is 12.5 Å². The molecule has 1 aliphatic heterocycles. The summed E-state index contributed by atoms with van der Waals surface area (Å²) < 4.78 is 5.81. The number of ether oxygens (including phenoxy) is 1. The minimum absolute atomic E-state index is 0.844. The van der Waals surface area contributed by atoms with Gasteiger partial charge in [0.2, 0.25) is 0 Å². The fourth-order valence-electron chi connectivity index (χ4n) is 2.22. The Morgan fingerprint density at radius 1 is 1.33 bits per heavy atom. The SMILES string of the molecule is CC1=C(OCCN2CCCC2)C=CCC1. The van der Waals surface area contributed by atoms with Crippen molar-refractivity contribution in [3.63, 3.8) is 0 Å². The van der Waals surface area contributed by atoms with Crippen molar-refractivity contribution in [3.05, 3.63) is 23.5 Å². The predicted octanol–water partition coefficient (Wildman–Crippen LogP) is 2.72. The van der Waals surface area contributed by atoms with E-state index in [1.165, 1.54) is 37.9 Å². The lowest BCUT2D eigenvalue weighted by atomic mass is 10.1. The summed E-state index contributed by atoms with van der Waals surface area (Å²) in [5.74, 6) is 1.11. The predicted molar refractivity (Wildman–Crippen MR) is 62.7 cm³/mol. The van der Waals surface area contributed by atoms with E-state index in [1.807, 2.05) is 0 Å². The highest BCUT2D eigenvalue weighted by Gasteiger charge is 2.11. The maximum absolute atomic E-state index is 5.81. The second-order valence-electron chi connectivity index (χ2n) is 4.48. The van der Waals surface area contributed by atoms with Gasteiger partial charge in [-0.25, -0.2) is 0 Å². The van der Waals surface area contributed by atoms with Crippen molar-refractivity contribution >= 4 is 0 Å². The standard InChI is InChI=1S/C13H21NO/c1-12-6-2-3-7-13(12)15-11-10-14-8-4-5-9-14/h3,7H,2,4-6,8-11H2,1H3. The minimum atomic E-state index is 0.844. The van der Waals surface area contributed by atoms with Gasteiger partial charge in [-0.2, -0.15) is 0 Å². The highest BCUT2D eigenvalue weighted by molar-refractivity contribution is 5.22. The monoisotopic (exact) mass is 207 g/mol. The molecular weight excluding hydrogens is 186 g/mol. The first kappa shape index (κ1) is 10.7. The van der Waals surface area contributed by atoms with E-state index in [4.69, 9.17) is 4.74 Å². The van der Waals surface area contributed by atoms with E-state index >= 15 is 0 Å². The molecule has 0 atom stereocenters. The Hall–Kier alpha value is -0.760. The van der Waals surface area contributed by atoms with E-state index in [9.17, 15) is 0 Å². The van der Waals surface area contributed by atoms with Crippen LogP contribution in [0.2, 0.25) is 0 Å². The molecule has 0 amide bonds. The summed E-state index contributed by atoms with van der Waals surface area (Å²) in [7, 11) is 0. The molecule has 0 aromatic rings. The molecule has 2 nitrogen and oxygen atoms in total. The van der Waals surface area contributed by atoms with Crippen molar-refractivity contribution in [3.8, 4) is 0 Å². The fraction of sp³-hybridized carbons (Fsp3) is 0.692. The van der Waals surface area contributed by atoms with Gasteiger partial charge < -0.3 is 4.74 Å². The second-order valence-corrected chi connectivity index (χ2v) is 4.48. The van der Waals surface area contributed by atoms with Gasteiger partial charge in [-0.1, -0.05) is 6.08 Å². The van der Waals surface area contributed by atoms with Crippen LogP contribution in [-0.4, -0.2) is 31.1 Å². The third-order valence-corrected chi connectivity index (χ3v) is 3.24. The Bertz CT molecular complexity index is 262. The lowest BCUT2D eigenvalue weighted by Gasteiger charge is -2.17. The zero-order chi connectivity index (χ0) is 10.5. The number of rotatable bonds is 4. The molecule has 0 unspecified atom stereocenters. The van der Waals surface area contributed by atoms with Gasteiger partial charge in [0.25, 0.3) is 0 Å². The van der Waals surface area contributed by atoms with Crippen molar-refractivity contribution < 1.29 is 4.74 Å². The molecule has 0 bridgehead atoms. The Labute approximate surface area is 92.6 Å². The van der Waals surface area contributed by atoms with Crippen LogP contribution in [0.4, 0.5) is 0 Å². The summed E-state index contributed by atoms with van der Waals surface area (Å²) in [6.45, 7) is 6.63. The first-order valence-electron chi connectivity index (χ1n) is 6.08. The molecule has 15 heavy (non-hydrogen) atoms. The lowest BCUT2D eigenvalue weighted by molar-refractivity contribution is 0.176. The number of nitrogens with zero attached hydrogens (tertiary/aromatic N) is 1. The molecule has 1 heterocycles. The van der Waals surface area contributed by atoms with E-state index in [-0.39, 0.29) is 0 Å². The molecule has 0 spiro atoms. The summed E-state index contributed by atoms with van der Waals surface area (Å²) in [6, 6.07) is 0. The number of hydrogen-bond acceptors (Lipinski definition) is 2. The highest BCUT2D eigenvalue weighted by Crippen LogP contribution is 2.19. The Balaban J connectivity index is 1.70. The van der Waals surface area contributed by atoms with E-state index in [2.05, 4.69) is 24.0 Å². The van der Waals surface area contributed by atoms with Crippen LogP contribution in [0.15, 0.2) is 23.5 Å². The first-order chi connectivity index (χ1) is 7.36. The fourth-order valence-corrected chi connectivity index (χ4v) is 2.22. The molecule has 2 rings (SSSR count). The molecule has 2 aliphatic rings. The maximum Gasteiger partial charge on any atom is 0.117 e. The van der Waals surface area contributed by atoms with Crippen molar-refractivity contribution in [1.29, 1.82) is 0 Å². The summed E-state index contributed by atoms with van der Waals surface area (Å²) in [4.78, 5) is 2.49. The van der Waals surface area contributed by atoms with Crippen molar-refractivity contribution in [2.75, 3.05) is 26.2 Å². The van der Waals surface area contributed by atoms with Crippen LogP contribution in [0.5, 0.6) is 0 Å². The molecular formula is C13H21NO. The zero-order valence-electron chi connectivity index (χ0n) is 9.67. The quantitative estimate of drug-likeness (QED) is 0.703. The van der Waals surface area contributed by atoms with Crippen molar-refractivity contribution in [2.45, 2.75) is 32.6 Å². The van der Waals surface area contributed by atoms with Crippen LogP contribution in [0, 0.1) is 0 Å². The van der Waals surface area contributed by atoms with Crippen LogP contribution >= 0.6 is 0 Å². The molecule has 0 saturated carbocycles. The smallest absolute Gasteiger partial charge is 0.117 e. The largest absolute Gasteiger partial charge is 0.492 e. The molecule has 0 aromatic carbocycles. The molecule has 1 aliphatic carbocycles. The van der Waals surface area contributed by atoms with Gasteiger partial charge in [0.05, 0.1) is 0 Å². The van der Waals surface area contributed by atoms with Gasteiger partial charge in [-0.05, 0) is 57.3 Å². The van der Waals surface area contributed by atoms with Gasteiger partial charge >= 0.3 is 0 Å². The summed E-state index contributed by atoms with van der Waals surface area (Å²) in [5, 5.41) is 0. The molecule has 0 N–H and O–H groups in total. The van der Waals surface area contributed by atoms with Gasteiger partial charge in [0.15, 0.2) is 0 Å². The Morgan fingerprint density at radius 3 is 2.87 bits per heavy atom. The molecule has 0 aromatic heterocycles. The van der Waals surface area contributed by atoms with Crippen LogP contribution < -0.4 is 0 Å². The average Bonchev–Trinajstić information content (AvgIpc) is 2.74. The molecule has 1 fully saturated rings. The number of allylic oxidation sites excluding steroid dienone is 3. The lowest BCUT2D eigenvalue weighted by Crippen LogP contribution is -2.24. The van der Waals surface area contributed by atoms with E-state index < -0.39 is 0 Å². The zero-order valence-corrected chi connectivity index (χ0v) is 9.67. The van der Waals surface area contributed by atoms with E-state index in [0.29, 0.717) is 0 Å². The molecule has 0 radical (unpaired) electrons. The Morgan fingerprint density at radius 2 is 2.13 bits per heavy atom. The summed E-state index contributed by atoms with van der Waals surface area (Å²) >= 11 is 0. The average molecular weight is 207 g/mol. The number of hydrogen-bond donors (Lipinski definition) is 0. The third-order valence-electron chi connectivity index (χ3n) is 3.24. The Kier molecular flexibility index (Phi) is 3.84. The van der Waals surface area contributed by atoms with Gasteiger partial charge in [-0.15, -0.1) is 0 Å². The van der Waals surface area contributed by atoms with E-state index in [0.717, 1.165) is 25.3 Å². The van der Waals surface area contributed by atoms with Crippen molar-refractivity contribution in [1.82, 2.24) is 4.90 Å². The van der Waals surface area contributed by atoms with Gasteiger partial charge in [0.1, 0.15) is 12.4 Å². The summed E-state index contributed by atoms with van der Waals surface area (Å²) in [5.41, 5.74) is 1.40. The van der Waals surface area contributed by atoms with Crippen LogP contribution in [0.1, 0.15) is 32.6 Å².